The summed E-state index contributed by atoms with van der Waals surface area (Å²) in [6.07, 6.45) is 2.38. The Bertz CT molecular complexity index is 760. The number of carboxylic acid groups (broad SMARTS) is 2. The molecule has 2 saturated heterocycles. The fraction of sp³-hybridized carbons (Fsp3) is 0.500. The molecule has 30 heavy (non-hydrogen) atoms. The zero-order valence-electron chi connectivity index (χ0n) is 16.4. The van der Waals surface area contributed by atoms with Gasteiger partial charge in [0.05, 0.1) is 11.1 Å². The second-order valence-corrected chi connectivity index (χ2v) is 7.28. The van der Waals surface area contributed by atoms with Gasteiger partial charge in [-0.15, -0.1) is 0 Å². The predicted molar refractivity (Wildman–Crippen MR) is 102 cm³/mol. The van der Waals surface area contributed by atoms with Crippen LogP contribution in [-0.2, 0) is 19.1 Å². The van der Waals surface area contributed by atoms with E-state index in [0.717, 1.165) is 0 Å². The third-order valence-electron chi connectivity index (χ3n) is 5.39. The normalized spacial score (nSPS) is 22.0. The topological polar surface area (TPSA) is 134 Å². The molecule has 0 amide bonds. The molecule has 10 heteroatoms. The van der Waals surface area contributed by atoms with Crippen LogP contribution in [0.15, 0.2) is 24.3 Å². The van der Waals surface area contributed by atoms with Crippen molar-refractivity contribution in [2.24, 2.45) is 0 Å². The van der Waals surface area contributed by atoms with Gasteiger partial charge in [0.15, 0.2) is 0 Å². The molecule has 2 N–H and O–H groups in total. The zero-order chi connectivity index (χ0) is 21.7. The molecule has 0 bridgehead atoms. The Morgan fingerprint density at radius 2 is 1.20 bits per heavy atom. The van der Waals surface area contributed by atoms with Crippen LogP contribution in [0.1, 0.15) is 46.4 Å². The van der Waals surface area contributed by atoms with Crippen molar-refractivity contribution in [2.75, 3.05) is 26.6 Å². The number of hydrogen-bond donors (Lipinski definition) is 2. The molecule has 2 atom stereocenters. The Hall–Kier alpha value is -2.98. The third-order valence-corrected chi connectivity index (χ3v) is 5.39. The summed E-state index contributed by atoms with van der Waals surface area (Å²) in [6, 6.07) is 4.61. The summed E-state index contributed by atoms with van der Waals surface area (Å²) < 4.78 is 10.5. The molecule has 0 aliphatic carbocycles. The van der Waals surface area contributed by atoms with Gasteiger partial charge >= 0.3 is 23.9 Å². The van der Waals surface area contributed by atoms with Crippen molar-refractivity contribution in [1.82, 2.24) is 9.80 Å². The Labute approximate surface area is 173 Å². The van der Waals surface area contributed by atoms with Gasteiger partial charge in [-0.1, -0.05) is 12.1 Å². The molecule has 2 aliphatic heterocycles. The zero-order valence-corrected chi connectivity index (χ0v) is 16.4. The molecule has 0 saturated carbocycles. The maximum atomic E-state index is 12.5. The highest BCUT2D eigenvalue weighted by Crippen LogP contribution is 2.20. The molecule has 0 aromatic heterocycles. The molecular weight excluding hydrogens is 396 g/mol. The van der Waals surface area contributed by atoms with Crippen LogP contribution in [-0.4, -0.2) is 82.5 Å². The molecule has 2 fully saturated rings. The lowest BCUT2D eigenvalue weighted by molar-refractivity contribution is -0.144. The number of ether oxygens (including phenoxy) is 2. The van der Waals surface area contributed by atoms with E-state index in [1.807, 2.05) is 0 Å². The summed E-state index contributed by atoms with van der Waals surface area (Å²) in [6.45, 7) is 0.642. The number of carbonyl (C=O) groups is 4. The van der Waals surface area contributed by atoms with Crippen molar-refractivity contribution in [1.29, 1.82) is 0 Å². The van der Waals surface area contributed by atoms with Crippen molar-refractivity contribution >= 4 is 23.9 Å². The van der Waals surface area contributed by atoms with E-state index in [1.54, 1.807) is 21.9 Å². The molecule has 2 aliphatic rings. The molecule has 1 aromatic rings. The van der Waals surface area contributed by atoms with Crippen LogP contribution in [0.4, 0.5) is 0 Å². The highest BCUT2D eigenvalue weighted by atomic mass is 16.6. The molecule has 0 spiro atoms. The first-order chi connectivity index (χ1) is 14.4. The van der Waals surface area contributed by atoms with Crippen LogP contribution in [0.25, 0.3) is 0 Å². The number of aliphatic carboxylic acids is 2. The second-order valence-electron chi connectivity index (χ2n) is 7.28. The fourth-order valence-corrected chi connectivity index (χ4v) is 3.80. The van der Waals surface area contributed by atoms with E-state index < -0.39 is 36.0 Å². The number of nitrogens with zero attached hydrogens (tertiary/aromatic N) is 2. The van der Waals surface area contributed by atoms with E-state index in [0.29, 0.717) is 38.8 Å². The monoisotopic (exact) mass is 420 g/mol. The Kier molecular flexibility index (Phi) is 7.01. The first kappa shape index (κ1) is 21.7. The third kappa shape index (κ3) is 4.95. The van der Waals surface area contributed by atoms with Crippen LogP contribution < -0.4 is 0 Å². The molecule has 1 aromatic carbocycles. The number of likely N-dealkylation sites (tertiary alicyclic amines) is 2. The Morgan fingerprint density at radius 1 is 0.800 bits per heavy atom. The van der Waals surface area contributed by atoms with Crippen LogP contribution in [0.3, 0.4) is 0 Å². The second kappa shape index (κ2) is 9.68. The quantitative estimate of drug-likeness (QED) is 0.587. The maximum absolute atomic E-state index is 12.5. The summed E-state index contributed by atoms with van der Waals surface area (Å²) in [7, 11) is 0. The Morgan fingerprint density at radius 3 is 1.57 bits per heavy atom. The van der Waals surface area contributed by atoms with E-state index in [1.165, 1.54) is 12.1 Å². The van der Waals surface area contributed by atoms with Crippen molar-refractivity contribution in [2.45, 2.75) is 37.8 Å². The van der Waals surface area contributed by atoms with E-state index in [9.17, 15) is 29.4 Å². The van der Waals surface area contributed by atoms with Crippen molar-refractivity contribution in [3.8, 4) is 0 Å². The minimum atomic E-state index is -0.964. The van der Waals surface area contributed by atoms with Crippen molar-refractivity contribution in [3.05, 3.63) is 35.4 Å². The molecule has 10 nitrogen and oxygen atoms in total. The van der Waals surface area contributed by atoms with Gasteiger partial charge in [0.25, 0.3) is 0 Å². The number of hydrogen-bond acceptors (Lipinski definition) is 8. The lowest BCUT2D eigenvalue weighted by Gasteiger charge is -2.21. The SMILES string of the molecule is O=C(OCN1CCC[C@H]1C(=O)O)c1ccccc1C(=O)OCN1CCC[C@H]1C(=O)O. The molecule has 2 heterocycles. The van der Waals surface area contributed by atoms with Gasteiger partial charge < -0.3 is 19.7 Å². The van der Waals surface area contributed by atoms with Crippen molar-refractivity contribution < 1.29 is 38.9 Å². The number of rotatable bonds is 8. The number of carboxylic acids is 2. The van der Waals surface area contributed by atoms with Gasteiger partial charge in [0.2, 0.25) is 0 Å². The fourth-order valence-electron chi connectivity index (χ4n) is 3.80. The summed E-state index contributed by atoms with van der Waals surface area (Å²) in [5.74, 6) is -3.45. The van der Waals surface area contributed by atoms with Crippen LogP contribution in [0, 0.1) is 0 Å². The summed E-state index contributed by atoms with van der Waals surface area (Å²) in [5, 5.41) is 18.4. The first-order valence-electron chi connectivity index (χ1n) is 9.75. The van der Waals surface area contributed by atoms with Crippen LogP contribution in [0.2, 0.25) is 0 Å². The van der Waals surface area contributed by atoms with Gasteiger partial charge in [-0.3, -0.25) is 19.4 Å². The van der Waals surface area contributed by atoms with Gasteiger partial charge in [-0.05, 0) is 37.8 Å². The average Bonchev–Trinajstić information content (AvgIpc) is 3.39. The highest BCUT2D eigenvalue weighted by molar-refractivity contribution is 6.03. The number of benzene rings is 1. The molecule has 0 unspecified atom stereocenters. The number of esters is 2. The van der Waals surface area contributed by atoms with Gasteiger partial charge in [-0.25, -0.2) is 9.59 Å². The molecule has 3 rings (SSSR count). The lowest BCUT2D eigenvalue weighted by Crippen LogP contribution is -2.38. The number of carbonyl (C=O) groups excluding carboxylic acids is 2. The van der Waals surface area contributed by atoms with Crippen LogP contribution >= 0.6 is 0 Å². The molecular formula is C20H24N2O8. The maximum Gasteiger partial charge on any atom is 0.340 e. The van der Waals surface area contributed by atoms with Crippen LogP contribution in [0.5, 0.6) is 0 Å². The predicted octanol–water partition coefficient (Wildman–Crippen LogP) is 1.01. The summed E-state index contributed by atoms with van der Waals surface area (Å²) >= 11 is 0. The summed E-state index contributed by atoms with van der Waals surface area (Å²) in [4.78, 5) is 50.6. The van der Waals surface area contributed by atoms with E-state index in [-0.39, 0.29) is 24.6 Å². The van der Waals surface area contributed by atoms with E-state index in [2.05, 4.69) is 0 Å². The van der Waals surface area contributed by atoms with Gasteiger partial charge in [0.1, 0.15) is 25.5 Å². The average molecular weight is 420 g/mol. The van der Waals surface area contributed by atoms with Gasteiger partial charge in [0, 0.05) is 13.1 Å². The Balaban J connectivity index is 1.60. The lowest BCUT2D eigenvalue weighted by atomic mass is 10.1. The van der Waals surface area contributed by atoms with Crippen molar-refractivity contribution in [3.63, 3.8) is 0 Å². The molecule has 0 radical (unpaired) electrons. The molecule has 162 valence electrons. The minimum Gasteiger partial charge on any atom is -0.480 e. The summed E-state index contributed by atoms with van der Waals surface area (Å²) in [5.41, 5.74) is 0.00885. The smallest absolute Gasteiger partial charge is 0.340 e. The largest absolute Gasteiger partial charge is 0.480 e. The van der Waals surface area contributed by atoms with E-state index >= 15 is 0 Å². The first-order valence-corrected chi connectivity index (χ1v) is 9.75. The van der Waals surface area contributed by atoms with E-state index in [4.69, 9.17) is 9.47 Å². The highest BCUT2D eigenvalue weighted by Gasteiger charge is 2.33. The minimum absolute atomic E-state index is 0.00442. The van der Waals surface area contributed by atoms with Gasteiger partial charge in [-0.2, -0.15) is 0 Å². The standard InChI is InChI=1S/C20H24N2O8/c23-17(24)15-7-3-9-21(15)11-29-19(27)13-5-1-2-6-14(13)20(28)30-12-22-10-4-8-16(22)18(25)26/h1-2,5-6,15-16H,3-4,7-12H2,(H,23,24)(H,25,26)/t15-,16-/m0/s1.